The quantitative estimate of drug-likeness (QED) is 0.896. The summed E-state index contributed by atoms with van der Waals surface area (Å²) in [4.78, 5) is 25.7. The van der Waals surface area contributed by atoms with E-state index in [1.807, 2.05) is 26.8 Å². The molecule has 2 N–H and O–H groups in total. The fourth-order valence-corrected chi connectivity index (χ4v) is 2.41. The van der Waals surface area contributed by atoms with Crippen molar-refractivity contribution < 1.29 is 14.3 Å². The summed E-state index contributed by atoms with van der Waals surface area (Å²) >= 11 is 0. The van der Waals surface area contributed by atoms with E-state index in [1.165, 1.54) is 17.7 Å². The second-order valence-corrected chi connectivity index (χ2v) is 6.95. The normalized spacial score (nSPS) is 21.2. The Hall–Kier alpha value is -2.05. The van der Waals surface area contributed by atoms with Crippen molar-refractivity contribution in [3.63, 3.8) is 0 Å². The van der Waals surface area contributed by atoms with Gasteiger partial charge in [0.15, 0.2) is 5.82 Å². The molecule has 0 spiro atoms. The molecule has 22 heavy (non-hydrogen) atoms. The van der Waals surface area contributed by atoms with Crippen molar-refractivity contribution in [1.29, 1.82) is 0 Å². The summed E-state index contributed by atoms with van der Waals surface area (Å²) in [5, 5.41) is 9.80. The van der Waals surface area contributed by atoms with Crippen molar-refractivity contribution in [2.45, 2.75) is 57.6 Å². The van der Waals surface area contributed by atoms with E-state index < -0.39 is 17.7 Å². The molecule has 1 aromatic heterocycles. The monoisotopic (exact) mass is 306 g/mol. The number of ether oxygens (including phenoxy) is 1. The molecule has 1 saturated heterocycles. The maximum absolute atomic E-state index is 12.3. The van der Waals surface area contributed by atoms with Gasteiger partial charge in [0, 0.05) is 24.2 Å². The predicted molar refractivity (Wildman–Crippen MR) is 80.5 cm³/mol. The molecule has 0 unspecified atom stereocenters. The lowest BCUT2D eigenvalue weighted by atomic mass is 10.0. The van der Waals surface area contributed by atoms with Crippen LogP contribution in [0.3, 0.4) is 0 Å². The molecule has 3 rings (SSSR count). The van der Waals surface area contributed by atoms with Crippen molar-refractivity contribution in [3.8, 4) is 0 Å². The van der Waals surface area contributed by atoms with E-state index in [9.17, 15) is 9.59 Å². The average Bonchev–Trinajstić information content (AvgIpc) is 3.07. The molecule has 0 radical (unpaired) electrons. The maximum Gasteiger partial charge on any atom is 0.410 e. The van der Waals surface area contributed by atoms with Crippen LogP contribution >= 0.6 is 0 Å². The largest absolute Gasteiger partial charge is 0.444 e. The first kappa shape index (κ1) is 14.9. The number of hydrogen-bond acceptors (Lipinski definition) is 4. The Bertz CT molecular complexity index is 586. The Morgan fingerprint density at radius 1 is 1.36 bits per heavy atom. The van der Waals surface area contributed by atoms with Crippen LogP contribution in [0.2, 0.25) is 0 Å². The highest BCUT2D eigenvalue weighted by molar-refractivity contribution is 5.96. The molecule has 120 valence electrons. The Morgan fingerprint density at radius 2 is 2.09 bits per heavy atom. The summed E-state index contributed by atoms with van der Waals surface area (Å²) in [5.41, 5.74) is 0.502. The number of rotatable bonds is 3. The van der Waals surface area contributed by atoms with E-state index in [1.54, 1.807) is 0 Å². The van der Waals surface area contributed by atoms with Gasteiger partial charge >= 0.3 is 6.09 Å². The van der Waals surface area contributed by atoms with Crippen LogP contribution < -0.4 is 5.32 Å². The third kappa shape index (κ3) is 3.23. The topological polar surface area (TPSA) is 87.3 Å². The van der Waals surface area contributed by atoms with E-state index >= 15 is 0 Å². The van der Waals surface area contributed by atoms with Gasteiger partial charge in [-0.25, -0.2) is 4.79 Å². The molecule has 2 heterocycles. The van der Waals surface area contributed by atoms with Gasteiger partial charge in [0.05, 0.1) is 0 Å². The fraction of sp³-hybridized carbons (Fsp3) is 0.667. The Morgan fingerprint density at radius 3 is 2.64 bits per heavy atom. The number of nitrogens with zero attached hydrogens (tertiary/aromatic N) is 2. The summed E-state index contributed by atoms with van der Waals surface area (Å²) in [6.07, 6.45) is 2.54. The number of carbonyl (C=O) groups is 2. The predicted octanol–water partition coefficient (Wildman–Crippen LogP) is 2.24. The van der Waals surface area contributed by atoms with Gasteiger partial charge in [0.25, 0.3) is 0 Å². The van der Waals surface area contributed by atoms with Gasteiger partial charge in [-0.2, -0.15) is 5.10 Å². The first-order valence-electron chi connectivity index (χ1n) is 7.69. The summed E-state index contributed by atoms with van der Waals surface area (Å²) in [5.74, 6) is 0.856. The highest BCUT2D eigenvalue weighted by Crippen LogP contribution is 2.39. The lowest BCUT2D eigenvalue weighted by Crippen LogP contribution is -2.57. The highest BCUT2D eigenvalue weighted by atomic mass is 16.6. The van der Waals surface area contributed by atoms with Crippen LogP contribution in [0, 0.1) is 0 Å². The zero-order valence-corrected chi connectivity index (χ0v) is 13.2. The van der Waals surface area contributed by atoms with Gasteiger partial charge in [0.2, 0.25) is 5.91 Å². The summed E-state index contributed by atoms with van der Waals surface area (Å²) < 4.78 is 5.30. The minimum absolute atomic E-state index is 0.217. The minimum atomic E-state index is -0.560. The van der Waals surface area contributed by atoms with Gasteiger partial charge in [0.1, 0.15) is 11.6 Å². The molecule has 2 amide bonds. The number of carbonyl (C=O) groups excluding carboxylic acids is 2. The number of likely N-dealkylation sites (tertiary alicyclic amines) is 1. The molecular formula is C15H22N4O3. The number of aromatic nitrogens is 2. The molecule has 7 nitrogen and oxygen atoms in total. The van der Waals surface area contributed by atoms with Gasteiger partial charge < -0.3 is 10.1 Å². The number of amides is 2. The first-order chi connectivity index (χ1) is 10.3. The Kier molecular flexibility index (Phi) is 3.58. The van der Waals surface area contributed by atoms with Gasteiger partial charge in [-0.3, -0.25) is 14.8 Å². The zero-order valence-electron chi connectivity index (χ0n) is 13.2. The van der Waals surface area contributed by atoms with Crippen molar-refractivity contribution in [2.24, 2.45) is 0 Å². The van der Waals surface area contributed by atoms with E-state index in [4.69, 9.17) is 4.74 Å². The Balaban J connectivity index is 1.56. The van der Waals surface area contributed by atoms with E-state index in [0.29, 0.717) is 24.7 Å². The number of hydrogen-bond donors (Lipinski definition) is 2. The zero-order chi connectivity index (χ0) is 15.9. The lowest BCUT2D eigenvalue weighted by Gasteiger charge is -2.39. The van der Waals surface area contributed by atoms with E-state index in [2.05, 4.69) is 15.5 Å². The average molecular weight is 306 g/mol. The molecular weight excluding hydrogens is 284 g/mol. The van der Waals surface area contributed by atoms with Crippen LogP contribution in [0.4, 0.5) is 10.6 Å². The highest BCUT2D eigenvalue weighted by Gasteiger charge is 2.40. The first-order valence-corrected chi connectivity index (χ1v) is 7.69. The second kappa shape index (κ2) is 5.30. The number of aromatic amines is 1. The summed E-state index contributed by atoms with van der Waals surface area (Å²) in [6.45, 7) is 5.97. The van der Waals surface area contributed by atoms with Crippen molar-refractivity contribution in [1.82, 2.24) is 15.1 Å². The van der Waals surface area contributed by atoms with Crippen LogP contribution in [0.1, 0.15) is 51.6 Å². The molecule has 2 fully saturated rings. The van der Waals surface area contributed by atoms with Crippen LogP contribution in [-0.2, 0) is 9.53 Å². The molecule has 1 saturated carbocycles. The van der Waals surface area contributed by atoms with Crippen molar-refractivity contribution in [2.75, 3.05) is 11.9 Å². The van der Waals surface area contributed by atoms with E-state index in [-0.39, 0.29) is 5.91 Å². The van der Waals surface area contributed by atoms with Crippen LogP contribution in [0.15, 0.2) is 6.07 Å². The number of anilines is 1. The van der Waals surface area contributed by atoms with Gasteiger partial charge in [-0.05, 0) is 40.0 Å². The Labute approximate surface area is 129 Å². The lowest BCUT2D eigenvalue weighted by molar-refractivity contribution is -0.125. The second-order valence-electron chi connectivity index (χ2n) is 6.95. The van der Waals surface area contributed by atoms with Gasteiger partial charge in [-0.1, -0.05) is 0 Å². The number of H-pyrrole nitrogens is 1. The maximum atomic E-state index is 12.3. The minimum Gasteiger partial charge on any atom is -0.444 e. The van der Waals surface area contributed by atoms with E-state index in [0.717, 1.165) is 5.69 Å². The third-order valence-electron chi connectivity index (χ3n) is 3.82. The molecule has 1 aliphatic heterocycles. The molecule has 1 aliphatic carbocycles. The molecule has 2 aliphatic rings. The van der Waals surface area contributed by atoms with Crippen molar-refractivity contribution >= 4 is 17.8 Å². The summed E-state index contributed by atoms with van der Waals surface area (Å²) in [7, 11) is 0. The number of nitrogens with one attached hydrogen (secondary N) is 2. The van der Waals surface area contributed by atoms with Gasteiger partial charge in [-0.15, -0.1) is 0 Å². The van der Waals surface area contributed by atoms with Crippen LogP contribution in [0.5, 0.6) is 0 Å². The molecule has 0 aromatic carbocycles. The summed E-state index contributed by atoms with van der Waals surface area (Å²) in [6, 6.07) is 1.39. The van der Waals surface area contributed by atoms with Crippen LogP contribution in [0.25, 0.3) is 0 Å². The standard InChI is InChI=1S/C15H22N4O3/c1-15(2,3)22-14(21)19-7-6-11(19)13(20)16-12-8-10(17-18-12)9-4-5-9/h8-9,11H,4-7H2,1-3H3,(H2,16,17,18,20)/t11-/m1/s1. The molecule has 1 atom stereocenters. The fourth-order valence-electron chi connectivity index (χ4n) is 2.41. The molecule has 1 aromatic rings. The van der Waals surface area contributed by atoms with Crippen molar-refractivity contribution in [3.05, 3.63) is 11.8 Å². The third-order valence-corrected chi connectivity index (χ3v) is 3.82. The van der Waals surface area contributed by atoms with Crippen LogP contribution in [-0.4, -0.2) is 45.3 Å². The smallest absolute Gasteiger partial charge is 0.410 e. The molecule has 7 heteroatoms. The molecule has 0 bridgehead atoms. The SMILES string of the molecule is CC(C)(C)OC(=O)N1CC[C@@H]1C(=O)Nc1cc(C2CC2)[nH]n1.